The average Bonchev–Trinajstić information content (AvgIpc) is 2.49. The number of alkyl halides is 3. The smallest absolute Gasteiger partial charge is 0.443 e. The Morgan fingerprint density at radius 1 is 1.64 bits per heavy atom. The maximum absolute atomic E-state index is 12.0. The molecule has 1 heterocycles. The highest BCUT2D eigenvalue weighted by Gasteiger charge is 2.35. The second-order valence-electron chi connectivity index (χ2n) is 2.39. The van der Waals surface area contributed by atoms with Gasteiger partial charge in [0, 0.05) is 5.38 Å². The van der Waals surface area contributed by atoms with Gasteiger partial charge in [-0.3, -0.25) is 4.79 Å². The minimum Gasteiger partial charge on any atom is -0.480 e. The Labute approximate surface area is 80.2 Å². The molecule has 1 rings (SSSR count). The molecule has 0 bridgehead atoms. The van der Waals surface area contributed by atoms with E-state index in [9.17, 15) is 18.0 Å². The Morgan fingerprint density at radius 3 is 2.57 bits per heavy atom. The lowest BCUT2D eigenvalue weighted by Crippen LogP contribution is -2.21. The Bertz CT molecular complexity index is 349. The summed E-state index contributed by atoms with van der Waals surface area (Å²) >= 11 is 0.323. The fourth-order valence-electron chi connectivity index (χ4n) is 0.686. The average molecular weight is 226 g/mol. The summed E-state index contributed by atoms with van der Waals surface area (Å²) in [5.41, 5.74) is 4.79. The number of rotatable bonds is 2. The van der Waals surface area contributed by atoms with Crippen LogP contribution in [0.25, 0.3) is 0 Å². The van der Waals surface area contributed by atoms with Crippen LogP contribution in [0.15, 0.2) is 5.38 Å². The first-order valence-corrected chi connectivity index (χ1v) is 4.21. The number of nitrogens with zero attached hydrogens (tertiary/aromatic N) is 1. The van der Waals surface area contributed by atoms with Crippen molar-refractivity contribution in [1.82, 2.24) is 4.98 Å². The van der Waals surface area contributed by atoms with Crippen LogP contribution in [0.4, 0.5) is 13.2 Å². The molecular weight excluding hydrogens is 221 g/mol. The third-order valence-electron chi connectivity index (χ3n) is 1.35. The number of carboxylic acids is 1. The molecule has 4 nitrogen and oxygen atoms in total. The van der Waals surface area contributed by atoms with Gasteiger partial charge in [-0.2, -0.15) is 13.2 Å². The van der Waals surface area contributed by atoms with Crippen molar-refractivity contribution in [2.24, 2.45) is 5.73 Å². The highest BCUT2D eigenvalue weighted by Crippen LogP contribution is 2.32. The molecule has 78 valence electrons. The van der Waals surface area contributed by atoms with Crippen molar-refractivity contribution < 1.29 is 23.1 Å². The van der Waals surface area contributed by atoms with Gasteiger partial charge in [0.25, 0.3) is 0 Å². The molecule has 0 fully saturated rings. The first-order valence-electron chi connectivity index (χ1n) is 3.33. The predicted octanol–water partition coefficient (Wildman–Crippen LogP) is 1.25. The summed E-state index contributed by atoms with van der Waals surface area (Å²) < 4.78 is 36.1. The second kappa shape index (κ2) is 3.54. The standard InChI is InChI=1S/C6H5F3N2O2S/c7-6(8,9)5-11-2(1-14-5)3(10)4(12)13/h1,3H,10H2,(H,12,13). The number of nitrogens with two attached hydrogens (primary N) is 1. The zero-order valence-corrected chi connectivity index (χ0v) is 7.39. The van der Waals surface area contributed by atoms with Crippen LogP contribution in [0, 0.1) is 0 Å². The van der Waals surface area contributed by atoms with E-state index in [-0.39, 0.29) is 5.69 Å². The van der Waals surface area contributed by atoms with Gasteiger partial charge in [-0.1, -0.05) is 0 Å². The largest absolute Gasteiger partial charge is 0.480 e. The summed E-state index contributed by atoms with van der Waals surface area (Å²) in [6, 6.07) is -1.51. The molecule has 1 aromatic rings. The summed E-state index contributed by atoms with van der Waals surface area (Å²) in [4.78, 5) is 13.4. The van der Waals surface area contributed by atoms with Crippen LogP contribution in [0.1, 0.15) is 16.7 Å². The van der Waals surface area contributed by atoms with Gasteiger partial charge in [-0.05, 0) is 0 Å². The fraction of sp³-hybridized carbons (Fsp3) is 0.333. The second-order valence-corrected chi connectivity index (χ2v) is 3.25. The Kier molecular flexibility index (Phi) is 2.76. The highest BCUT2D eigenvalue weighted by molar-refractivity contribution is 7.09. The minimum atomic E-state index is -4.55. The molecule has 0 aromatic carbocycles. The maximum atomic E-state index is 12.0. The topological polar surface area (TPSA) is 76.2 Å². The van der Waals surface area contributed by atoms with E-state index >= 15 is 0 Å². The third-order valence-corrected chi connectivity index (χ3v) is 2.25. The summed E-state index contributed by atoms with van der Waals surface area (Å²) in [5, 5.41) is 8.30. The number of carboxylic acid groups (broad SMARTS) is 1. The van der Waals surface area contributed by atoms with Gasteiger partial charge < -0.3 is 10.8 Å². The van der Waals surface area contributed by atoms with E-state index in [4.69, 9.17) is 10.8 Å². The Hall–Kier alpha value is -1.15. The van der Waals surface area contributed by atoms with Gasteiger partial charge in [-0.15, -0.1) is 11.3 Å². The zero-order valence-electron chi connectivity index (χ0n) is 6.58. The quantitative estimate of drug-likeness (QED) is 0.795. The van der Waals surface area contributed by atoms with Gasteiger partial charge in [0.2, 0.25) is 0 Å². The van der Waals surface area contributed by atoms with E-state index in [1.807, 2.05) is 0 Å². The van der Waals surface area contributed by atoms with Crippen LogP contribution in [0.5, 0.6) is 0 Å². The fourth-order valence-corrected chi connectivity index (χ4v) is 1.41. The van der Waals surface area contributed by atoms with Crippen molar-refractivity contribution in [3.05, 3.63) is 16.1 Å². The zero-order chi connectivity index (χ0) is 10.9. The van der Waals surface area contributed by atoms with Crippen molar-refractivity contribution >= 4 is 17.3 Å². The SMILES string of the molecule is NC(C(=O)O)c1csc(C(F)(F)F)n1. The van der Waals surface area contributed by atoms with Crippen LogP contribution in [0.3, 0.4) is 0 Å². The summed E-state index contributed by atoms with van der Waals surface area (Å²) in [6.45, 7) is 0. The van der Waals surface area contributed by atoms with Crippen molar-refractivity contribution in [2.75, 3.05) is 0 Å². The van der Waals surface area contributed by atoms with E-state index in [0.29, 0.717) is 11.3 Å². The Morgan fingerprint density at radius 2 is 2.21 bits per heavy atom. The maximum Gasteiger partial charge on any atom is 0.443 e. The van der Waals surface area contributed by atoms with Gasteiger partial charge in [0.15, 0.2) is 5.01 Å². The third kappa shape index (κ3) is 2.20. The van der Waals surface area contributed by atoms with Gasteiger partial charge >= 0.3 is 12.1 Å². The normalized spacial score (nSPS) is 14.0. The van der Waals surface area contributed by atoms with Crippen molar-refractivity contribution in [1.29, 1.82) is 0 Å². The van der Waals surface area contributed by atoms with Gasteiger partial charge in [0.1, 0.15) is 6.04 Å². The van der Waals surface area contributed by atoms with Gasteiger partial charge in [0.05, 0.1) is 5.69 Å². The molecule has 0 aliphatic carbocycles. The van der Waals surface area contributed by atoms with Crippen molar-refractivity contribution in [2.45, 2.75) is 12.2 Å². The number of aliphatic carboxylic acids is 1. The molecule has 14 heavy (non-hydrogen) atoms. The van der Waals surface area contributed by atoms with E-state index < -0.39 is 23.2 Å². The molecule has 0 amide bonds. The van der Waals surface area contributed by atoms with E-state index in [1.54, 1.807) is 0 Å². The number of hydrogen-bond donors (Lipinski definition) is 2. The molecule has 1 atom stereocenters. The molecule has 8 heteroatoms. The van der Waals surface area contributed by atoms with Crippen LogP contribution >= 0.6 is 11.3 Å². The first kappa shape index (κ1) is 10.9. The van der Waals surface area contributed by atoms with Crippen LogP contribution in [-0.2, 0) is 11.0 Å². The van der Waals surface area contributed by atoms with E-state index in [2.05, 4.69) is 4.98 Å². The molecule has 1 unspecified atom stereocenters. The van der Waals surface area contributed by atoms with E-state index in [1.165, 1.54) is 0 Å². The number of aromatic nitrogens is 1. The lowest BCUT2D eigenvalue weighted by atomic mass is 10.2. The lowest BCUT2D eigenvalue weighted by Gasteiger charge is -2.02. The minimum absolute atomic E-state index is 0.283. The molecule has 0 saturated heterocycles. The van der Waals surface area contributed by atoms with Crippen molar-refractivity contribution in [3.8, 4) is 0 Å². The Balaban J connectivity index is 2.94. The summed E-state index contributed by atoms with van der Waals surface area (Å²) in [7, 11) is 0. The van der Waals surface area contributed by atoms with E-state index in [0.717, 1.165) is 5.38 Å². The van der Waals surface area contributed by atoms with Crippen LogP contribution in [0.2, 0.25) is 0 Å². The molecule has 0 radical (unpaired) electrons. The highest BCUT2D eigenvalue weighted by atomic mass is 32.1. The molecule has 0 spiro atoms. The molecule has 3 N–H and O–H groups in total. The molecule has 0 saturated carbocycles. The number of halogens is 3. The number of carbonyl (C=O) groups is 1. The number of thiazole rings is 1. The van der Waals surface area contributed by atoms with Gasteiger partial charge in [-0.25, -0.2) is 4.98 Å². The van der Waals surface area contributed by atoms with Crippen LogP contribution < -0.4 is 5.73 Å². The monoisotopic (exact) mass is 226 g/mol. The predicted molar refractivity (Wildman–Crippen MR) is 41.7 cm³/mol. The lowest BCUT2D eigenvalue weighted by molar-refractivity contribution is -0.140. The van der Waals surface area contributed by atoms with Crippen molar-refractivity contribution in [3.63, 3.8) is 0 Å². The molecule has 0 aliphatic heterocycles. The summed E-state index contributed by atoms with van der Waals surface area (Å²) in [6.07, 6.45) is -4.55. The van der Waals surface area contributed by atoms with Crippen LogP contribution in [-0.4, -0.2) is 16.1 Å². The number of hydrogen-bond acceptors (Lipinski definition) is 4. The molecular formula is C6H5F3N2O2S. The summed E-state index contributed by atoms with van der Waals surface area (Å²) in [5.74, 6) is -1.41. The molecule has 0 aliphatic rings. The molecule has 1 aromatic heterocycles. The first-order chi connectivity index (χ1) is 6.32.